The third-order valence-electron chi connectivity index (χ3n) is 3.66. The predicted octanol–water partition coefficient (Wildman–Crippen LogP) is 5.38. The fraction of sp³-hybridized carbons (Fsp3) is 0.316. The van der Waals surface area contributed by atoms with Crippen molar-refractivity contribution in [3.05, 3.63) is 53.6 Å². The standard InChI is InChI=1S/C19H24N2OS/c1-12(2)16-6-5-7-17(13(3)4)18(16)22-15-10-8-14(9-11-15)21-19(20)23/h5-13H,1-4H3,(H3,20,21,23). The number of thiocarbonyl (C=S) groups is 1. The van der Waals surface area contributed by atoms with Gasteiger partial charge >= 0.3 is 0 Å². The fourth-order valence-corrected chi connectivity index (χ4v) is 2.58. The molecule has 0 amide bonds. The normalized spacial score (nSPS) is 10.9. The number of nitrogens with two attached hydrogens (primary N) is 1. The molecule has 0 unspecified atom stereocenters. The van der Waals surface area contributed by atoms with Gasteiger partial charge in [0, 0.05) is 5.69 Å². The molecule has 122 valence electrons. The number of benzene rings is 2. The van der Waals surface area contributed by atoms with Crippen LogP contribution in [0.1, 0.15) is 50.7 Å². The molecule has 0 saturated heterocycles. The zero-order valence-electron chi connectivity index (χ0n) is 14.1. The molecular formula is C19H24N2OS. The average Bonchev–Trinajstić information content (AvgIpc) is 2.48. The molecule has 0 aromatic heterocycles. The van der Waals surface area contributed by atoms with Crippen LogP contribution in [0, 0.1) is 0 Å². The fourth-order valence-electron chi connectivity index (χ4n) is 2.47. The highest BCUT2D eigenvalue weighted by molar-refractivity contribution is 7.80. The highest BCUT2D eigenvalue weighted by Gasteiger charge is 2.15. The van der Waals surface area contributed by atoms with Crippen molar-refractivity contribution in [2.75, 3.05) is 5.32 Å². The molecule has 0 aliphatic heterocycles. The summed E-state index contributed by atoms with van der Waals surface area (Å²) in [5, 5.41) is 3.16. The van der Waals surface area contributed by atoms with E-state index >= 15 is 0 Å². The zero-order chi connectivity index (χ0) is 17.0. The highest BCUT2D eigenvalue weighted by atomic mass is 32.1. The first-order chi connectivity index (χ1) is 10.9. The smallest absolute Gasteiger partial charge is 0.168 e. The van der Waals surface area contributed by atoms with Crippen LogP contribution in [0.25, 0.3) is 0 Å². The maximum Gasteiger partial charge on any atom is 0.168 e. The van der Waals surface area contributed by atoms with Crippen LogP contribution < -0.4 is 15.8 Å². The molecular weight excluding hydrogens is 304 g/mol. The second-order valence-electron chi connectivity index (χ2n) is 6.19. The summed E-state index contributed by atoms with van der Waals surface area (Å²) < 4.78 is 6.23. The van der Waals surface area contributed by atoms with E-state index in [1.807, 2.05) is 24.3 Å². The summed E-state index contributed by atoms with van der Waals surface area (Å²) in [5.41, 5.74) is 8.78. The van der Waals surface area contributed by atoms with Gasteiger partial charge in [0.2, 0.25) is 0 Å². The minimum atomic E-state index is 0.255. The molecule has 3 N–H and O–H groups in total. The monoisotopic (exact) mass is 328 g/mol. The van der Waals surface area contributed by atoms with Crippen molar-refractivity contribution < 1.29 is 4.74 Å². The van der Waals surface area contributed by atoms with Gasteiger partial charge in [-0.25, -0.2) is 0 Å². The number of nitrogens with one attached hydrogen (secondary N) is 1. The van der Waals surface area contributed by atoms with Crippen LogP contribution in [0.4, 0.5) is 5.69 Å². The van der Waals surface area contributed by atoms with Gasteiger partial charge in [-0.1, -0.05) is 45.9 Å². The largest absolute Gasteiger partial charge is 0.457 e. The Balaban J connectivity index is 2.33. The first-order valence-electron chi connectivity index (χ1n) is 7.85. The number of para-hydroxylation sites is 1. The number of hydrogen-bond donors (Lipinski definition) is 2. The summed E-state index contributed by atoms with van der Waals surface area (Å²) in [6, 6.07) is 14.0. The summed E-state index contributed by atoms with van der Waals surface area (Å²) in [6.07, 6.45) is 0. The van der Waals surface area contributed by atoms with Crippen molar-refractivity contribution in [1.82, 2.24) is 0 Å². The topological polar surface area (TPSA) is 47.3 Å². The van der Waals surface area contributed by atoms with Gasteiger partial charge in [0.05, 0.1) is 0 Å². The van der Waals surface area contributed by atoms with Crippen LogP contribution in [-0.2, 0) is 0 Å². The lowest BCUT2D eigenvalue weighted by atomic mass is 9.94. The molecule has 0 saturated carbocycles. The van der Waals surface area contributed by atoms with Gasteiger partial charge in [-0.15, -0.1) is 0 Å². The van der Waals surface area contributed by atoms with Gasteiger partial charge in [-0.05, 0) is 59.4 Å². The van der Waals surface area contributed by atoms with Gasteiger partial charge < -0.3 is 15.8 Å². The molecule has 0 bridgehead atoms. The van der Waals surface area contributed by atoms with E-state index in [-0.39, 0.29) is 5.11 Å². The first-order valence-corrected chi connectivity index (χ1v) is 8.26. The molecule has 2 aromatic carbocycles. The van der Waals surface area contributed by atoms with E-state index in [0.717, 1.165) is 17.2 Å². The Bertz CT molecular complexity index is 652. The van der Waals surface area contributed by atoms with E-state index < -0.39 is 0 Å². The zero-order valence-corrected chi connectivity index (χ0v) is 14.9. The first kappa shape index (κ1) is 17.3. The molecule has 2 rings (SSSR count). The third-order valence-corrected chi connectivity index (χ3v) is 3.76. The van der Waals surface area contributed by atoms with Crippen molar-refractivity contribution in [3.8, 4) is 11.5 Å². The quantitative estimate of drug-likeness (QED) is 0.723. The second kappa shape index (κ2) is 7.47. The molecule has 0 spiro atoms. The number of rotatable bonds is 5. The van der Waals surface area contributed by atoms with Crippen LogP contribution in [-0.4, -0.2) is 5.11 Å². The van der Waals surface area contributed by atoms with Gasteiger partial charge in [0.15, 0.2) is 5.11 Å². The second-order valence-corrected chi connectivity index (χ2v) is 6.63. The van der Waals surface area contributed by atoms with Crippen molar-refractivity contribution in [1.29, 1.82) is 0 Å². The molecule has 0 fully saturated rings. The summed E-state index contributed by atoms with van der Waals surface area (Å²) in [5.74, 6) is 2.57. The Labute approximate surface area is 143 Å². The molecule has 0 heterocycles. The van der Waals surface area contributed by atoms with Crippen LogP contribution in [0.5, 0.6) is 11.5 Å². The van der Waals surface area contributed by atoms with E-state index in [9.17, 15) is 0 Å². The Kier molecular flexibility index (Phi) is 5.61. The van der Waals surface area contributed by atoms with Crippen molar-refractivity contribution in [2.24, 2.45) is 5.73 Å². The minimum absolute atomic E-state index is 0.255. The van der Waals surface area contributed by atoms with Crippen LogP contribution in [0.2, 0.25) is 0 Å². The number of anilines is 1. The van der Waals surface area contributed by atoms with E-state index in [0.29, 0.717) is 11.8 Å². The van der Waals surface area contributed by atoms with Crippen LogP contribution >= 0.6 is 12.2 Å². The van der Waals surface area contributed by atoms with Gasteiger partial charge in [0.25, 0.3) is 0 Å². The van der Waals surface area contributed by atoms with E-state index in [1.165, 1.54) is 11.1 Å². The molecule has 2 aromatic rings. The van der Waals surface area contributed by atoms with E-state index in [1.54, 1.807) is 0 Å². The Morgan fingerprint density at radius 3 is 1.91 bits per heavy atom. The summed E-state index contributed by atoms with van der Waals surface area (Å²) >= 11 is 4.84. The Hall–Kier alpha value is -2.07. The lowest BCUT2D eigenvalue weighted by Crippen LogP contribution is -2.18. The van der Waals surface area contributed by atoms with Gasteiger partial charge in [0.1, 0.15) is 11.5 Å². The van der Waals surface area contributed by atoms with E-state index in [2.05, 4.69) is 51.2 Å². The van der Waals surface area contributed by atoms with Crippen molar-refractivity contribution in [3.63, 3.8) is 0 Å². The number of hydrogen-bond acceptors (Lipinski definition) is 2. The Morgan fingerprint density at radius 2 is 1.48 bits per heavy atom. The molecule has 0 aliphatic carbocycles. The average molecular weight is 328 g/mol. The minimum Gasteiger partial charge on any atom is -0.457 e. The molecule has 4 heteroatoms. The predicted molar refractivity (Wildman–Crippen MR) is 102 cm³/mol. The number of ether oxygens (including phenoxy) is 1. The van der Waals surface area contributed by atoms with Crippen molar-refractivity contribution in [2.45, 2.75) is 39.5 Å². The highest BCUT2D eigenvalue weighted by Crippen LogP contribution is 2.37. The maximum atomic E-state index is 6.23. The summed E-state index contributed by atoms with van der Waals surface area (Å²) in [6.45, 7) is 8.73. The van der Waals surface area contributed by atoms with Crippen LogP contribution in [0.15, 0.2) is 42.5 Å². The summed E-state index contributed by atoms with van der Waals surface area (Å²) in [7, 11) is 0. The van der Waals surface area contributed by atoms with Gasteiger partial charge in [-0.3, -0.25) is 0 Å². The SMILES string of the molecule is CC(C)c1cccc(C(C)C)c1Oc1ccc(NC(N)=S)cc1. The molecule has 3 nitrogen and oxygen atoms in total. The van der Waals surface area contributed by atoms with Crippen molar-refractivity contribution >= 4 is 23.0 Å². The lowest BCUT2D eigenvalue weighted by molar-refractivity contribution is 0.463. The molecule has 23 heavy (non-hydrogen) atoms. The summed E-state index contributed by atoms with van der Waals surface area (Å²) in [4.78, 5) is 0. The van der Waals surface area contributed by atoms with E-state index in [4.69, 9.17) is 22.7 Å². The Morgan fingerprint density at radius 1 is 0.957 bits per heavy atom. The van der Waals surface area contributed by atoms with Gasteiger partial charge in [-0.2, -0.15) is 0 Å². The molecule has 0 atom stereocenters. The lowest BCUT2D eigenvalue weighted by Gasteiger charge is -2.20. The molecule has 0 radical (unpaired) electrons. The van der Waals surface area contributed by atoms with Crippen LogP contribution in [0.3, 0.4) is 0 Å². The third kappa shape index (κ3) is 4.45. The maximum absolute atomic E-state index is 6.23. The molecule has 0 aliphatic rings.